The lowest BCUT2D eigenvalue weighted by Crippen LogP contribution is -2.58. The van der Waals surface area contributed by atoms with Crippen LogP contribution in [0.3, 0.4) is 0 Å². The van der Waals surface area contributed by atoms with Gasteiger partial charge in [0.05, 0.1) is 24.2 Å². The van der Waals surface area contributed by atoms with Crippen molar-refractivity contribution in [2.24, 2.45) is 11.8 Å². The Balaban J connectivity index is 1.88. The van der Waals surface area contributed by atoms with Gasteiger partial charge in [-0.15, -0.1) is 6.58 Å². The van der Waals surface area contributed by atoms with Crippen molar-refractivity contribution in [2.45, 2.75) is 70.2 Å². The van der Waals surface area contributed by atoms with Crippen LogP contribution < -0.4 is 4.90 Å². The number of rotatable bonds is 8. The summed E-state index contributed by atoms with van der Waals surface area (Å²) in [7, 11) is 0. The van der Waals surface area contributed by atoms with Crippen LogP contribution in [0, 0.1) is 25.7 Å². The van der Waals surface area contributed by atoms with Crippen molar-refractivity contribution < 1.29 is 29.3 Å². The maximum absolute atomic E-state index is 14.3. The number of ether oxygens (including phenoxy) is 1. The number of amides is 2. The van der Waals surface area contributed by atoms with Crippen LogP contribution >= 0.6 is 0 Å². The summed E-state index contributed by atoms with van der Waals surface area (Å²) in [4.78, 5) is 43.5. The van der Waals surface area contributed by atoms with Crippen molar-refractivity contribution in [3.63, 3.8) is 0 Å². The van der Waals surface area contributed by atoms with E-state index >= 15 is 0 Å². The van der Waals surface area contributed by atoms with E-state index in [0.29, 0.717) is 24.9 Å². The Hall–Kier alpha value is -2.71. The molecule has 4 rings (SSSR count). The molecule has 0 saturated carbocycles. The van der Waals surface area contributed by atoms with E-state index in [4.69, 9.17) is 4.74 Å². The number of aliphatic hydroxyl groups is 1. The van der Waals surface area contributed by atoms with Gasteiger partial charge in [0.25, 0.3) is 5.91 Å². The van der Waals surface area contributed by atoms with Crippen LogP contribution in [0.15, 0.2) is 30.9 Å². The van der Waals surface area contributed by atoms with Crippen molar-refractivity contribution >= 4 is 23.5 Å². The zero-order valence-electron chi connectivity index (χ0n) is 20.3. The quantitative estimate of drug-likeness (QED) is 0.565. The van der Waals surface area contributed by atoms with Crippen molar-refractivity contribution in [2.75, 3.05) is 18.1 Å². The molecule has 1 aromatic rings. The summed E-state index contributed by atoms with van der Waals surface area (Å²) in [5.41, 5.74) is 0.373. The van der Waals surface area contributed by atoms with Gasteiger partial charge in [0.1, 0.15) is 17.6 Å². The molecule has 3 saturated heterocycles. The molecule has 34 heavy (non-hydrogen) atoms. The number of nitrogens with zero attached hydrogens (tertiary/aromatic N) is 2. The smallest absolute Gasteiger partial charge is 0.310 e. The number of aryl methyl sites for hydroxylation is 2. The molecule has 0 aliphatic carbocycles. The minimum absolute atomic E-state index is 0.219. The maximum Gasteiger partial charge on any atom is 0.310 e. The molecule has 2 amide bonds. The number of carbonyl (C=O) groups is 3. The Morgan fingerprint density at radius 2 is 2.06 bits per heavy atom. The predicted octanol–water partition coefficient (Wildman–Crippen LogP) is 2.44. The third-order valence-corrected chi connectivity index (χ3v) is 8.09. The van der Waals surface area contributed by atoms with Crippen LogP contribution in [0.2, 0.25) is 0 Å². The highest BCUT2D eigenvalue weighted by molar-refractivity contribution is 6.05. The Morgan fingerprint density at radius 1 is 1.35 bits per heavy atom. The first-order chi connectivity index (χ1) is 16.1. The second kappa shape index (κ2) is 8.50. The largest absolute Gasteiger partial charge is 0.481 e. The number of hydrogen-bond acceptors (Lipinski definition) is 5. The molecule has 3 heterocycles. The first kappa shape index (κ1) is 24.4. The van der Waals surface area contributed by atoms with E-state index in [-0.39, 0.29) is 19.1 Å². The summed E-state index contributed by atoms with van der Waals surface area (Å²) in [5, 5.41) is 20.1. The molecule has 8 heteroatoms. The van der Waals surface area contributed by atoms with Crippen molar-refractivity contribution in [3.8, 4) is 0 Å². The van der Waals surface area contributed by atoms with Crippen LogP contribution in [0.1, 0.15) is 44.2 Å². The fourth-order valence-corrected chi connectivity index (χ4v) is 6.47. The van der Waals surface area contributed by atoms with E-state index in [1.165, 1.54) is 4.90 Å². The molecule has 1 aromatic carbocycles. The summed E-state index contributed by atoms with van der Waals surface area (Å²) < 4.78 is 6.54. The van der Waals surface area contributed by atoms with Gasteiger partial charge in [-0.3, -0.25) is 14.4 Å². The number of carboxylic acids is 1. The first-order valence-electron chi connectivity index (χ1n) is 11.9. The zero-order valence-corrected chi connectivity index (χ0v) is 20.3. The predicted molar refractivity (Wildman–Crippen MR) is 126 cm³/mol. The van der Waals surface area contributed by atoms with E-state index in [2.05, 4.69) is 6.58 Å². The molecule has 3 aliphatic rings. The number of carboxylic acid groups (broad SMARTS) is 1. The van der Waals surface area contributed by atoms with Crippen LogP contribution in [0.4, 0.5) is 5.69 Å². The third kappa shape index (κ3) is 3.22. The zero-order chi connectivity index (χ0) is 25.0. The standard InChI is InChI=1S/C26H34N2O6/c1-6-12-27(18-13-15(3)8-9-16(18)4)23(31)21-26-11-10-25(7-2,34-26)20(24(32)33)19(26)22(30)28(21)17(5)14-29/h6,8-9,13,17,19-21,29H,1,7,10-12,14H2,2-5H3,(H,32,33)/t17-,19+,20+,21?,25-,26?/m1/s1. The Labute approximate surface area is 200 Å². The van der Waals surface area contributed by atoms with E-state index < -0.39 is 47.0 Å². The second-order valence-electron chi connectivity index (χ2n) is 9.98. The second-order valence-corrected chi connectivity index (χ2v) is 9.98. The summed E-state index contributed by atoms with van der Waals surface area (Å²) in [6.45, 7) is 11.1. The molecule has 3 aliphatic heterocycles. The number of carbonyl (C=O) groups excluding carboxylic acids is 2. The van der Waals surface area contributed by atoms with Gasteiger partial charge in [0, 0.05) is 12.2 Å². The van der Waals surface area contributed by atoms with Gasteiger partial charge in [0.2, 0.25) is 5.91 Å². The monoisotopic (exact) mass is 470 g/mol. The van der Waals surface area contributed by atoms with Crippen molar-refractivity contribution in [1.82, 2.24) is 4.90 Å². The topological polar surface area (TPSA) is 107 Å². The van der Waals surface area contributed by atoms with E-state index in [0.717, 1.165) is 11.1 Å². The first-order valence-corrected chi connectivity index (χ1v) is 11.9. The van der Waals surface area contributed by atoms with Gasteiger partial charge in [0.15, 0.2) is 0 Å². The number of likely N-dealkylation sites (tertiary alicyclic amines) is 1. The summed E-state index contributed by atoms with van der Waals surface area (Å²) in [6, 6.07) is 4.12. The number of aliphatic carboxylic acids is 1. The number of fused-ring (bicyclic) bond motifs is 1. The highest BCUT2D eigenvalue weighted by Gasteiger charge is 2.79. The fourth-order valence-electron chi connectivity index (χ4n) is 6.47. The highest BCUT2D eigenvalue weighted by Crippen LogP contribution is 2.64. The normalized spacial score (nSPS) is 32.6. The fraction of sp³-hybridized carbons (Fsp3) is 0.577. The van der Waals surface area contributed by atoms with Gasteiger partial charge < -0.3 is 24.7 Å². The van der Waals surface area contributed by atoms with E-state index in [9.17, 15) is 24.6 Å². The minimum Gasteiger partial charge on any atom is -0.481 e. The molecule has 3 fully saturated rings. The van der Waals surface area contributed by atoms with Crippen LogP contribution in [0.25, 0.3) is 0 Å². The Morgan fingerprint density at radius 3 is 2.65 bits per heavy atom. The van der Waals surface area contributed by atoms with E-state index in [1.807, 2.05) is 39.0 Å². The maximum atomic E-state index is 14.3. The lowest BCUT2D eigenvalue weighted by Gasteiger charge is -2.39. The molecule has 6 atom stereocenters. The minimum atomic E-state index is -1.24. The average molecular weight is 471 g/mol. The van der Waals surface area contributed by atoms with Gasteiger partial charge in [-0.05, 0) is 57.2 Å². The van der Waals surface area contributed by atoms with Crippen molar-refractivity contribution in [3.05, 3.63) is 42.0 Å². The molecule has 0 radical (unpaired) electrons. The van der Waals surface area contributed by atoms with Gasteiger partial charge in [-0.25, -0.2) is 0 Å². The highest BCUT2D eigenvalue weighted by atomic mass is 16.5. The summed E-state index contributed by atoms with van der Waals surface area (Å²) in [6.07, 6.45) is 2.96. The molecule has 2 N–H and O–H groups in total. The third-order valence-electron chi connectivity index (χ3n) is 8.09. The van der Waals surface area contributed by atoms with Crippen LogP contribution in [-0.4, -0.2) is 69.3 Å². The molecule has 2 bridgehead atoms. The van der Waals surface area contributed by atoms with Crippen LogP contribution in [0.5, 0.6) is 0 Å². The number of anilines is 1. The molecule has 184 valence electrons. The van der Waals surface area contributed by atoms with Gasteiger partial charge in [-0.1, -0.05) is 25.1 Å². The number of benzene rings is 1. The average Bonchev–Trinajstić information content (AvgIpc) is 3.42. The summed E-state index contributed by atoms with van der Waals surface area (Å²) >= 11 is 0. The lowest BCUT2D eigenvalue weighted by atomic mass is 9.65. The SMILES string of the molecule is C=CCN(C(=O)C1N([C@H](C)CO)C(=O)[C@@H]2[C@@H](C(=O)O)[C@@]3(CC)CCC12O3)c1cc(C)ccc1C. The molecular weight excluding hydrogens is 436 g/mol. The van der Waals surface area contributed by atoms with Gasteiger partial charge in [-0.2, -0.15) is 0 Å². The van der Waals surface area contributed by atoms with Crippen molar-refractivity contribution in [1.29, 1.82) is 0 Å². The Bertz CT molecular complexity index is 1040. The number of aliphatic hydroxyl groups excluding tert-OH is 1. The van der Waals surface area contributed by atoms with Gasteiger partial charge >= 0.3 is 5.97 Å². The lowest BCUT2D eigenvalue weighted by molar-refractivity contribution is -0.157. The summed E-state index contributed by atoms with van der Waals surface area (Å²) in [5.74, 6) is -3.85. The molecular formula is C26H34N2O6. The van der Waals surface area contributed by atoms with E-state index in [1.54, 1.807) is 17.9 Å². The molecule has 2 unspecified atom stereocenters. The molecule has 8 nitrogen and oxygen atoms in total. The molecule has 1 spiro atoms. The van der Waals surface area contributed by atoms with Crippen LogP contribution in [-0.2, 0) is 19.1 Å². The molecule has 0 aromatic heterocycles. The Kier molecular flexibility index (Phi) is 6.10. The number of hydrogen-bond donors (Lipinski definition) is 2.